The van der Waals surface area contributed by atoms with Crippen molar-refractivity contribution in [3.05, 3.63) is 59.7 Å². The van der Waals surface area contributed by atoms with Gasteiger partial charge in [-0.1, -0.05) is 36.8 Å². The summed E-state index contributed by atoms with van der Waals surface area (Å²) in [7, 11) is 0. The van der Waals surface area contributed by atoms with Crippen LogP contribution in [0.3, 0.4) is 0 Å². The molecule has 1 aliphatic carbocycles. The number of anilines is 2. The minimum atomic E-state index is -0.758. The Morgan fingerprint density at radius 2 is 1.69 bits per heavy atom. The van der Waals surface area contributed by atoms with E-state index < -0.39 is 6.04 Å². The molecular formula is C23H25N3O3. The van der Waals surface area contributed by atoms with E-state index in [4.69, 9.17) is 0 Å². The van der Waals surface area contributed by atoms with Gasteiger partial charge in [-0.15, -0.1) is 0 Å². The fraction of sp³-hybridized carbons (Fsp3) is 0.348. The Hall–Kier alpha value is -3.15. The van der Waals surface area contributed by atoms with Crippen molar-refractivity contribution in [2.45, 2.75) is 51.6 Å². The van der Waals surface area contributed by atoms with E-state index in [1.165, 1.54) is 10.5 Å². The van der Waals surface area contributed by atoms with Gasteiger partial charge in [0, 0.05) is 11.7 Å². The van der Waals surface area contributed by atoms with Gasteiger partial charge in [-0.05, 0) is 56.0 Å². The van der Waals surface area contributed by atoms with Crippen LogP contribution in [0.2, 0.25) is 0 Å². The first kappa shape index (κ1) is 19.2. The third kappa shape index (κ3) is 3.88. The van der Waals surface area contributed by atoms with E-state index in [1.807, 2.05) is 43.3 Å². The number of nitrogens with one attached hydrogen (secondary N) is 1. The van der Waals surface area contributed by atoms with Crippen molar-refractivity contribution >= 4 is 29.2 Å². The molecular weight excluding hydrogens is 366 g/mol. The molecule has 150 valence electrons. The van der Waals surface area contributed by atoms with Gasteiger partial charge in [-0.3, -0.25) is 9.59 Å². The first-order chi connectivity index (χ1) is 14.0. The number of hydrogen-bond donors (Lipinski definition) is 1. The van der Waals surface area contributed by atoms with Gasteiger partial charge in [0.05, 0.1) is 12.1 Å². The molecule has 0 unspecified atom stereocenters. The Morgan fingerprint density at radius 3 is 2.28 bits per heavy atom. The number of carbonyl (C=O) groups excluding carboxylic acids is 3. The third-order valence-corrected chi connectivity index (χ3v) is 5.51. The van der Waals surface area contributed by atoms with E-state index >= 15 is 0 Å². The molecule has 4 amide bonds. The summed E-state index contributed by atoms with van der Waals surface area (Å²) in [5, 5.41) is 2.85. The lowest BCUT2D eigenvalue weighted by Crippen LogP contribution is -2.39. The lowest BCUT2D eigenvalue weighted by Gasteiger charge is -2.21. The Balaban J connectivity index is 1.51. The van der Waals surface area contributed by atoms with Crippen LogP contribution in [0, 0.1) is 6.92 Å². The smallest absolute Gasteiger partial charge is 0.326 e. The Bertz CT molecular complexity index is 933. The van der Waals surface area contributed by atoms with Gasteiger partial charge in [-0.25, -0.2) is 9.69 Å². The summed E-state index contributed by atoms with van der Waals surface area (Å²) in [6.07, 6.45) is 2.63. The molecule has 1 heterocycles. The second kappa shape index (κ2) is 7.70. The Labute approximate surface area is 170 Å². The topological polar surface area (TPSA) is 69.7 Å². The molecule has 4 rings (SSSR count). The Kier molecular flexibility index (Phi) is 5.09. The van der Waals surface area contributed by atoms with Crippen molar-refractivity contribution in [2.24, 2.45) is 0 Å². The minimum Gasteiger partial charge on any atom is -0.326 e. The van der Waals surface area contributed by atoms with Crippen LogP contribution in [0.25, 0.3) is 0 Å². The second-order valence-corrected chi connectivity index (χ2v) is 7.75. The third-order valence-electron chi connectivity index (χ3n) is 5.51. The van der Waals surface area contributed by atoms with E-state index in [1.54, 1.807) is 17.0 Å². The highest BCUT2D eigenvalue weighted by atomic mass is 16.2. The van der Waals surface area contributed by atoms with Crippen molar-refractivity contribution in [1.29, 1.82) is 0 Å². The summed E-state index contributed by atoms with van der Waals surface area (Å²) in [5.74, 6) is -0.598. The van der Waals surface area contributed by atoms with Crippen molar-refractivity contribution in [3.63, 3.8) is 0 Å². The normalized spacial score (nSPS) is 19.0. The van der Waals surface area contributed by atoms with Crippen molar-refractivity contribution < 1.29 is 14.4 Å². The summed E-state index contributed by atoms with van der Waals surface area (Å²) in [6.45, 7) is 4.02. The number of nitrogens with zero attached hydrogens (tertiary/aromatic N) is 2. The van der Waals surface area contributed by atoms with Crippen LogP contribution in [-0.2, 0) is 16.0 Å². The predicted octanol–water partition coefficient (Wildman–Crippen LogP) is 3.89. The number of hydrogen-bond acceptors (Lipinski definition) is 3. The first-order valence-corrected chi connectivity index (χ1v) is 10.1. The minimum absolute atomic E-state index is 0.0427. The SMILES string of the molecule is CCc1ccc(NC(=O)C[C@@H]2C(=O)N(c3ccc(C)cc3)C(=O)N2C2CC2)cc1. The average molecular weight is 391 g/mol. The molecule has 0 aromatic heterocycles. The molecule has 1 saturated heterocycles. The monoisotopic (exact) mass is 391 g/mol. The summed E-state index contributed by atoms with van der Waals surface area (Å²) in [4.78, 5) is 41.5. The van der Waals surface area contributed by atoms with E-state index in [9.17, 15) is 14.4 Å². The van der Waals surface area contributed by atoms with Crippen LogP contribution in [0.5, 0.6) is 0 Å². The molecule has 1 aliphatic heterocycles. The molecule has 2 aromatic carbocycles. The molecule has 1 saturated carbocycles. The molecule has 2 aliphatic rings. The van der Waals surface area contributed by atoms with Gasteiger partial charge in [0.1, 0.15) is 6.04 Å². The molecule has 2 fully saturated rings. The number of benzene rings is 2. The maximum Gasteiger partial charge on any atom is 0.332 e. The highest BCUT2D eigenvalue weighted by Crippen LogP contribution is 2.36. The summed E-state index contributed by atoms with van der Waals surface area (Å²) in [6, 6.07) is 13.9. The lowest BCUT2D eigenvalue weighted by atomic mass is 10.1. The van der Waals surface area contributed by atoms with Crippen LogP contribution in [0.1, 0.15) is 37.3 Å². The zero-order valence-electron chi connectivity index (χ0n) is 16.7. The number of imide groups is 1. The van der Waals surface area contributed by atoms with E-state index in [0.29, 0.717) is 11.4 Å². The van der Waals surface area contributed by atoms with Gasteiger partial charge in [0.25, 0.3) is 5.91 Å². The number of aryl methyl sites for hydroxylation is 2. The fourth-order valence-electron chi connectivity index (χ4n) is 3.70. The van der Waals surface area contributed by atoms with Gasteiger partial charge < -0.3 is 10.2 Å². The maximum atomic E-state index is 13.1. The van der Waals surface area contributed by atoms with E-state index in [2.05, 4.69) is 12.2 Å². The Morgan fingerprint density at radius 1 is 1.03 bits per heavy atom. The molecule has 1 N–H and O–H groups in total. The molecule has 0 spiro atoms. The number of carbonyl (C=O) groups is 3. The number of amides is 4. The van der Waals surface area contributed by atoms with Crippen LogP contribution >= 0.6 is 0 Å². The number of rotatable bonds is 6. The van der Waals surface area contributed by atoms with Crippen molar-refractivity contribution in [3.8, 4) is 0 Å². The molecule has 0 bridgehead atoms. The predicted molar refractivity (Wildman–Crippen MR) is 112 cm³/mol. The average Bonchev–Trinajstić information content (AvgIpc) is 3.51. The maximum absolute atomic E-state index is 13.1. The van der Waals surface area contributed by atoms with E-state index in [0.717, 1.165) is 24.8 Å². The molecule has 29 heavy (non-hydrogen) atoms. The van der Waals surface area contributed by atoms with E-state index in [-0.39, 0.29) is 30.3 Å². The van der Waals surface area contributed by atoms with Crippen LogP contribution in [0.4, 0.5) is 16.2 Å². The fourth-order valence-corrected chi connectivity index (χ4v) is 3.70. The zero-order chi connectivity index (χ0) is 20.5. The lowest BCUT2D eigenvalue weighted by molar-refractivity contribution is -0.124. The molecule has 6 nitrogen and oxygen atoms in total. The standard InChI is InChI=1S/C23H25N3O3/c1-3-16-6-8-17(9-7-16)24-21(27)14-20-22(28)26(19-10-4-15(2)5-11-19)23(29)25(20)18-12-13-18/h4-11,18,20H,3,12-14H2,1-2H3,(H,24,27)/t20-/m1/s1. The zero-order valence-corrected chi connectivity index (χ0v) is 16.7. The molecule has 0 radical (unpaired) electrons. The van der Waals surface area contributed by atoms with Crippen molar-refractivity contribution in [2.75, 3.05) is 10.2 Å². The summed E-state index contributed by atoms with van der Waals surface area (Å²) < 4.78 is 0. The van der Waals surface area contributed by atoms with Crippen molar-refractivity contribution in [1.82, 2.24) is 4.90 Å². The number of urea groups is 1. The van der Waals surface area contributed by atoms with Gasteiger partial charge in [0.2, 0.25) is 5.91 Å². The second-order valence-electron chi connectivity index (χ2n) is 7.75. The van der Waals surface area contributed by atoms with Gasteiger partial charge in [-0.2, -0.15) is 0 Å². The highest BCUT2D eigenvalue weighted by Gasteiger charge is 2.51. The van der Waals surface area contributed by atoms with Gasteiger partial charge in [0.15, 0.2) is 0 Å². The largest absolute Gasteiger partial charge is 0.332 e. The first-order valence-electron chi connectivity index (χ1n) is 10.1. The highest BCUT2D eigenvalue weighted by molar-refractivity contribution is 6.22. The van der Waals surface area contributed by atoms with Gasteiger partial charge >= 0.3 is 6.03 Å². The quantitative estimate of drug-likeness (QED) is 0.760. The molecule has 6 heteroatoms. The van der Waals surface area contributed by atoms with Crippen LogP contribution < -0.4 is 10.2 Å². The van der Waals surface area contributed by atoms with Crippen LogP contribution in [-0.4, -0.2) is 34.8 Å². The molecule has 2 aromatic rings. The van der Waals surface area contributed by atoms with Crippen LogP contribution in [0.15, 0.2) is 48.5 Å². The summed E-state index contributed by atoms with van der Waals surface area (Å²) in [5.41, 5.74) is 3.48. The molecule has 1 atom stereocenters. The summed E-state index contributed by atoms with van der Waals surface area (Å²) >= 11 is 0.